The molecule has 4 heteroatoms. The smallest absolute Gasteiger partial charge is 0.302 e. The molecule has 0 N–H and O–H groups in total. The van der Waals surface area contributed by atoms with Gasteiger partial charge in [-0.25, -0.2) is 0 Å². The van der Waals surface area contributed by atoms with E-state index in [0.717, 1.165) is 19.3 Å². The molecule has 0 aliphatic heterocycles. The van der Waals surface area contributed by atoms with Crippen LogP contribution in [0.4, 0.5) is 0 Å². The third kappa shape index (κ3) is 7.67. The Morgan fingerprint density at radius 3 is 2.00 bits per heavy atom. The molecule has 2 unspecified atom stereocenters. The van der Waals surface area contributed by atoms with Crippen LogP contribution in [0.15, 0.2) is 0 Å². The van der Waals surface area contributed by atoms with E-state index < -0.39 is 0 Å². The average Bonchev–Trinajstić information content (AvgIpc) is 2.28. The second-order valence-electron chi connectivity index (χ2n) is 5.14. The highest BCUT2D eigenvalue weighted by molar-refractivity contribution is 5.66. The van der Waals surface area contributed by atoms with Crippen LogP contribution < -0.4 is 0 Å². The Morgan fingerprint density at radius 2 is 1.61 bits per heavy atom. The predicted octanol–water partition coefficient (Wildman–Crippen LogP) is 3.00. The first kappa shape index (κ1) is 17.4. The summed E-state index contributed by atoms with van der Waals surface area (Å²) in [5.74, 6) is 0.852. The van der Waals surface area contributed by atoms with Gasteiger partial charge in [-0.1, -0.05) is 13.8 Å². The third-order valence-electron chi connectivity index (χ3n) is 3.27. The number of methoxy groups -OCH3 is 2. The highest BCUT2D eigenvalue weighted by Crippen LogP contribution is 2.25. The molecule has 2 atom stereocenters. The van der Waals surface area contributed by atoms with Crippen LogP contribution in [0.5, 0.6) is 0 Å². The zero-order chi connectivity index (χ0) is 14.1. The molecule has 0 aromatic heterocycles. The van der Waals surface area contributed by atoms with E-state index in [4.69, 9.17) is 14.2 Å². The quantitative estimate of drug-likeness (QED) is 0.472. The van der Waals surface area contributed by atoms with Crippen molar-refractivity contribution < 1.29 is 19.0 Å². The minimum atomic E-state index is -0.213. The Hall–Kier alpha value is -0.610. The number of esters is 1. The highest BCUT2D eigenvalue weighted by Gasteiger charge is 2.20. The first-order valence-electron chi connectivity index (χ1n) is 6.63. The van der Waals surface area contributed by atoms with Gasteiger partial charge in [0, 0.05) is 27.6 Å². The van der Waals surface area contributed by atoms with Gasteiger partial charge in [0.05, 0.1) is 6.10 Å². The van der Waals surface area contributed by atoms with Crippen molar-refractivity contribution in [1.29, 1.82) is 0 Å². The van der Waals surface area contributed by atoms with Crippen molar-refractivity contribution >= 4 is 5.97 Å². The molecule has 0 rings (SSSR count). The first-order chi connectivity index (χ1) is 8.40. The van der Waals surface area contributed by atoms with Crippen molar-refractivity contribution in [2.75, 3.05) is 14.2 Å². The fraction of sp³-hybridized carbons (Fsp3) is 0.929. The topological polar surface area (TPSA) is 44.8 Å². The summed E-state index contributed by atoms with van der Waals surface area (Å²) in [6, 6.07) is 0. The highest BCUT2D eigenvalue weighted by atomic mass is 16.7. The number of ether oxygens (including phenoxy) is 3. The van der Waals surface area contributed by atoms with E-state index in [9.17, 15) is 4.79 Å². The van der Waals surface area contributed by atoms with Gasteiger partial charge in [-0.15, -0.1) is 0 Å². The van der Waals surface area contributed by atoms with Crippen molar-refractivity contribution in [1.82, 2.24) is 0 Å². The van der Waals surface area contributed by atoms with Crippen LogP contribution in [0.25, 0.3) is 0 Å². The van der Waals surface area contributed by atoms with Crippen molar-refractivity contribution in [2.24, 2.45) is 11.8 Å². The fourth-order valence-corrected chi connectivity index (χ4v) is 2.05. The van der Waals surface area contributed by atoms with E-state index in [-0.39, 0.29) is 18.4 Å². The van der Waals surface area contributed by atoms with Gasteiger partial charge in [0.2, 0.25) is 0 Å². The molecule has 18 heavy (non-hydrogen) atoms. The van der Waals surface area contributed by atoms with Crippen LogP contribution in [-0.2, 0) is 19.0 Å². The monoisotopic (exact) mass is 260 g/mol. The van der Waals surface area contributed by atoms with Crippen LogP contribution in [-0.4, -0.2) is 32.6 Å². The fourth-order valence-electron chi connectivity index (χ4n) is 2.05. The molecule has 0 aromatic carbocycles. The van der Waals surface area contributed by atoms with Crippen LogP contribution in [0.3, 0.4) is 0 Å². The molecular weight excluding hydrogens is 232 g/mol. The molecule has 0 aromatic rings. The lowest BCUT2D eigenvalue weighted by Gasteiger charge is -2.25. The largest absolute Gasteiger partial charge is 0.463 e. The lowest BCUT2D eigenvalue weighted by atomic mass is 9.87. The summed E-state index contributed by atoms with van der Waals surface area (Å²) in [7, 11) is 3.32. The number of carbonyl (C=O) groups is 1. The molecule has 0 radical (unpaired) electrons. The predicted molar refractivity (Wildman–Crippen MR) is 71.2 cm³/mol. The molecule has 0 aliphatic rings. The SMILES string of the molecule is COC(CC(CCC(C)OC(C)=O)C(C)C)OC. The second-order valence-corrected chi connectivity index (χ2v) is 5.14. The van der Waals surface area contributed by atoms with Gasteiger partial charge in [-0.05, 0) is 31.6 Å². The third-order valence-corrected chi connectivity index (χ3v) is 3.27. The number of rotatable bonds is 9. The minimum absolute atomic E-state index is 0.0210. The summed E-state index contributed by atoms with van der Waals surface area (Å²) in [5, 5.41) is 0. The van der Waals surface area contributed by atoms with Crippen molar-refractivity contribution in [3.05, 3.63) is 0 Å². The van der Waals surface area contributed by atoms with E-state index in [1.807, 2.05) is 6.92 Å². The molecule has 0 bridgehead atoms. The van der Waals surface area contributed by atoms with E-state index in [2.05, 4.69) is 13.8 Å². The maximum Gasteiger partial charge on any atom is 0.302 e. The maximum absolute atomic E-state index is 10.8. The average molecular weight is 260 g/mol. The molecule has 0 aliphatic carbocycles. The molecule has 0 fully saturated rings. The van der Waals surface area contributed by atoms with Gasteiger partial charge >= 0.3 is 5.97 Å². The summed E-state index contributed by atoms with van der Waals surface area (Å²) in [5.41, 5.74) is 0. The standard InChI is InChI=1S/C14H28O4/c1-10(2)13(9-14(16-5)17-6)8-7-11(3)18-12(4)15/h10-11,13-14H,7-9H2,1-6H3. The van der Waals surface area contributed by atoms with Crippen molar-refractivity contribution in [3.8, 4) is 0 Å². The Labute approximate surface area is 111 Å². The number of hydrogen-bond acceptors (Lipinski definition) is 4. The zero-order valence-corrected chi connectivity index (χ0v) is 12.6. The van der Waals surface area contributed by atoms with E-state index in [0.29, 0.717) is 11.8 Å². The van der Waals surface area contributed by atoms with E-state index in [1.54, 1.807) is 14.2 Å². The van der Waals surface area contributed by atoms with Crippen LogP contribution in [0.1, 0.15) is 47.0 Å². The first-order valence-corrected chi connectivity index (χ1v) is 6.63. The lowest BCUT2D eigenvalue weighted by Crippen LogP contribution is -2.23. The van der Waals surface area contributed by atoms with Crippen LogP contribution in [0, 0.1) is 11.8 Å². The van der Waals surface area contributed by atoms with Crippen LogP contribution in [0.2, 0.25) is 0 Å². The molecule has 0 saturated heterocycles. The van der Waals surface area contributed by atoms with Gasteiger partial charge in [-0.2, -0.15) is 0 Å². The summed E-state index contributed by atoms with van der Waals surface area (Å²) in [6.45, 7) is 7.78. The number of hydrogen-bond donors (Lipinski definition) is 0. The normalized spacial score (nSPS) is 14.9. The summed E-state index contributed by atoms with van der Waals surface area (Å²) >= 11 is 0. The Balaban J connectivity index is 4.15. The maximum atomic E-state index is 10.8. The Kier molecular flexibility index (Phi) is 9.02. The molecule has 0 heterocycles. The van der Waals surface area contributed by atoms with Gasteiger partial charge in [0.1, 0.15) is 0 Å². The molecule has 0 spiro atoms. The van der Waals surface area contributed by atoms with E-state index >= 15 is 0 Å². The Bertz CT molecular complexity index is 224. The summed E-state index contributed by atoms with van der Waals surface area (Å²) < 4.78 is 15.6. The molecule has 0 amide bonds. The van der Waals surface area contributed by atoms with Crippen LogP contribution >= 0.6 is 0 Å². The second kappa shape index (κ2) is 9.34. The van der Waals surface area contributed by atoms with E-state index in [1.165, 1.54) is 6.92 Å². The molecule has 108 valence electrons. The number of carbonyl (C=O) groups excluding carboxylic acids is 1. The lowest BCUT2D eigenvalue weighted by molar-refractivity contribution is -0.146. The van der Waals surface area contributed by atoms with Gasteiger partial charge in [0.15, 0.2) is 6.29 Å². The summed E-state index contributed by atoms with van der Waals surface area (Å²) in [4.78, 5) is 10.8. The minimum Gasteiger partial charge on any atom is -0.463 e. The zero-order valence-electron chi connectivity index (χ0n) is 12.6. The Morgan fingerprint density at radius 1 is 1.06 bits per heavy atom. The van der Waals surface area contributed by atoms with Gasteiger partial charge < -0.3 is 14.2 Å². The molecular formula is C14H28O4. The van der Waals surface area contributed by atoms with Crippen molar-refractivity contribution in [3.63, 3.8) is 0 Å². The molecule has 4 nitrogen and oxygen atoms in total. The summed E-state index contributed by atoms with van der Waals surface area (Å²) in [6.07, 6.45) is 2.59. The van der Waals surface area contributed by atoms with Crippen molar-refractivity contribution in [2.45, 2.75) is 59.4 Å². The van der Waals surface area contributed by atoms with Gasteiger partial charge in [0.25, 0.3) is 0 Å². The van der Waals surface area contributed by atoms with Gasteiger partial charge in [-0.3, -0.25) is 4.79 Å². The molecule has 0 saturated carbocycles.